The lowest BCUT2D eigenvalue weighted by molar-refractivity contribution is 0.427. The van der Waals surface area contributed by atoms with E-state index in [4.69, 9.17) is 4.74 Å². The molecule has 0 fully saturated rings. The lowest BCUT2D eigenvalue weighted by atomic mass is 9.53. The van der Waals surface area contributed by atoms with Gasteiger partial charge in [0.25, 0.3) is 0 Å². The Labute approximate surface area is 252 Å². The number of nitriles is 1. The average Bonchev–Trinajstić information content (AvgIpc) is 3.07. The molecule has 0 atom stereocenters. The van der Waals surface area contributed by atoms with Crippen LogP contribution in [0.4, 0.5) is 0 Å². The van der Waals surface area contributed by atoms with Crippen molar-refractivity contribution in [1.82, 2.24) is 0 Å². The molecule has 0 saturated carbocycles. The Morgan fingerprint density at radius 3 is 1.74 bits per heavy atom. The molecule has 0 unspecified atom stereocenters. The van der Waals surface area contributed by atoms with Crippen LogP contribution in [0.25, 0.3) is 22.3 Å². The van der Waals surface area contributed by atoms with E-state index in [1.807, 2.05) is 18.2 Å². The maximum Gasteiger partial charge on any atom is 0.140 e. The second-order valence-electron chi connectivity index (χ2n) is 12.0. The number of fused-ring (bicyclic) bond motifs is 8. The molecule has 0 aromatic heterocycles. The molecule has 6 aromatic carbocycles. The average molecular weight is 552 g/mol. The zero-order valence-corrected chi connectivity index (χ0v) is 24.1. The van der Waals surface area contributed by atoms with Crippen molar-refractivity contribution in [3.63, 3.8) is 0 Å². The molecule has 2 aliphatic rings. The molecule has 0 N–H and O–H groups in total. The Balaban J connectivity index is 1.44. The molecule has 0 radical (unpaired) electrons. The molecule has 2 heteroatoms. The van der Waals surface area contributed by atoms with Gasteiger partial charge in [0.15, 0.2) is 0 Å². The fourth-order valence-electron chi connectivity index (χ4n) is 7.51. The summed E-state index contributed by atoms with van der Waals surface area (Å²) in [4.78, 5) is 0. The first-order chi connectivity index (χ1) is 21.0. The summed E-state index contributed by atoms with van der Waals surface area (Å²) in [6.45, 7) is 4.68. The SMILES string of the molecule is CC1(C)c2ccccc2C2(c3ccccc3Oc3c(-c4cccc(-c5cccc(C#N)c5)c4)cccc32)c2ccccc21. The van der Waals surface area contributed by atoms with Gasteiger partial charge in [-0.3, -0.25) is 0 Å². The first-order valence-electron chi connectivity index (χ1n) is 14.8. The van der Waals surface area contributed by atoms with Gasteiger partial charge in [0.05, 0.1) is 17.0 Å². The standard InChI is InChI=1S/C41H29NO/c1-40(2)32-17-3-5-19-34(32)41(35-20-6-4-18-33(35)40)36-21-7-8-23-38(36)43-39-31(16-11-22-37(39)41)30-15-10-14-29(25-30)28-13-9-12-27(24-28)26-42/h3-25H,1-2H3. The Kier molecular flexibility index (Phi) is 5.49. The van der Waals surface area contributed by atoms with Crippen molar-refractivity contribution in [3.8, 4) is 39.8 Å². The lowest BCUT2D eigenvalue weighted by Gasteiger charge is -2.50. The van der Waals surface area contributed by atoms with Gasteiger partial charge in [0, 0.05) is 22.1 Å². The van der Waals surface area contributed by atoms with E-state index < -0.39 is 5.41 Å². The third-order valence-corrected chi connectivity index (χ3v) is 9.43. The molecule has 0 amide bonds. The highest BCUT2D eigenvalue weighted by molar-refractivity contribution is 5.83. The molecule has 2 nitrogen and oxygen atoms in total. The van der Waals surface area contributed by atoms with Gasteiger partial charge in [0.1, 0.15) is 11.5 Å². The maximum atomic E-state index is 9.48. The highest BCUT2D eigenvalue weighted by atomic mass is 16.5. The van der Waals surface area contributed by atoms with Crippen LogP contribution in [0.1, 0.15) is 52.8 Å². The highest BCUT2D eigenvalue weighted by Crippen LogP contribution is 2.62. The third kappa shape index (κ3) is 3.52. The summed E-state index contributed by atoms with van der Waals surface area (Å²) in [5.41, 5.74) is 11.7. The van der Waals surface area contributed by atoms with Crippen molar-refractivity contribution in [1.29, 1.82) is 5.26 Å². The Morgan fingerprint density at radius 2 is 1.05 bits per heavy atom. The van der Waals surface area contributed by atoms with Gasteiger partial charge in [0.2, 0.25) is 0 Å². The summed E-state index contributed by atoms with van der Waals surface area (Å²) >= 11 is 0. The van der Waals surface area contributed by atoms with Crippen molar-refractivity contribution in [2.24, 2.45) is 0 Å². The van der Waals surface area contributed by atoms with Gasteiger partial charge in [-0.15, -0.1) is 0 Å². The first-order valence-corrected chi connectivity index (χ1v) is 14.8. The minimum absolute atomic E-state index is 0.157. The molecule has 204 valence electrons. The minimum atomic E-state index is -0.540. The van der Waals surface area contributed by atoms with Crippen LogP contribution in [0.5, 0.6) is 11.5 Å². The van der Waals surface area contributed by atoms with E-state index in [2.05, 4.69) is 141 Å². The topological polar surface area (TPSA) is 33.0 Å². The highest BCUT2D eigenvalue weighted by Gasteiger charge is 2.53. The fourth-order valence-corrected chi connectivity index (χ4v) is 7.51. The van der Waals surface area contributed by atoms with Gasteiger partial charge in [-0.2, -0.15) is 5.26 Å². The molecule has 1 aliphatic heterocycles. The normalized spacial score (nSPS) is 14.8. The van der Waals surface area contributed by atoms with Gasteiger partial charge >= 0.3 is 0 Å². The summed E-state index contributed by atoms with van der Waals surface area (Å²) in [5, 5.41) is 9.48. The molecule has 1 heterocycles. The van der Waals surface area contributed by atoms with E-state index in [-0.39, 0.29) is 5.41 Å². The largest absolute Gasteiger partial charge is 0.456 e. The van der Waals surface area contributed by atoms with Crippen LogP contribution in [-0.2, 0) is 10.8 Å². The van der Waals surface area contributed by atoms with Crippen LogP contribution >= 0.6 is 0 Å². The predicted octanol–water partition coefficient (Wildman–Crippen LogP) is 10.0. The lowest BCUT2D eigenvalue weighted by Crippen LogP contribution is -2.43. The smallest absolute Gasteiger partial charge is 0.140 e. The second kappa shape index (κ2) is 9.31. The summed E-state index contributed by atoms with van der Waals surface area (Å²) in [6, 6.07) is 51.6. The van der Waals surface area contributed by atoms with E-state index in [1.54, 1.807) is 0 Å². The number of rotatable bonds is 2. The van der Waals surface area contributed by atoms with Crippen LogP contribution < -0.4 is 4.74 Å². The molecule has 1 spiro atoms. The molecule has 0 bridgehead atoms. The van der Waals surface area contributed by atoms with Crippen molar-refractivity contribution in [2.75, 3.05) is 0 Å². The zero-order valence-electron chi connectivity index (χ0n) is 24.1. The quantitative estimate of drug-likeness (QED) is 0.214. The number of para-hydroxylation sites is 2. The minimum Gasteiger partial charge on any atom is -0.456 e. The molecule has 43 heavy (non-hydrogen) atoms. The van der Waals surface area contributed by atoms with Crippen LogP contribution in [0, 0.1) is 11.3 Å². The molecular formula is C41H29NO. The Morgan fingerprint density at radius 1 is 0.512 bits per heavy atom. The first kappa shape index (κ1) is 25.3. The third-order valence-electron chi connectivity index (χ3n) is 9.43. The number of benzene rings is 6. The van der Waals surface area contributed by atoms with Crippen LogP contribution in [0.3, 0.4) is 0 Å². The second-order valence-corrected chi connectivity index (χ2v) is 12.0. The zero-order chi connectivity index (χ0) is 29.2. The van der Waals surface area contributed by atoms with E-state index in [0.29, 0.717) is 5.56 Å². The van der Waals surface area contributed by atoms with E-state index in [0.717, 1.165) is 44.9 Å². The van der Waals surface area contributed by atoms with Gasteiger partial charge in [-0.25, -0.2) is 0 Å². The summed E-state index contributed by atoms with van der Waals surface area (Å²) < 4.78 is 6.91. The summed E-state index contributed by atoms with van der Waals surface area (Å²) in [7, 11) is 0. The van der Waals surface area contributed by atoms with Crippen LogP contribution in [0.2, 0.25) is 0 Å². The van der Waals surface area contributed by atoms with Gasteiger partial charge in [-0.05, 0) is 63.2 Å². The number of nitrogens with zero attached hydrogens (tertiary/aromatic N) is 1. The predicted molar refractivity (Wildman–Crippen MR) is 173 cm³/mol. The number of hydrogen-bond acceptors (Lipinski definition) is 2. The van der Waals surface area contributed by atoms with Crippen molar-refractivity contribution < 1.29 is 4.74 Å². The van der Waals surface area contributed by atoms with Crippen molar-refractivity contribution >= 4 is 0 Å². The number of hydrogen-bond donors (Lipinski definition) is 0. The van der Waals surface area contributed by atoms with E-state index in [9.17, 15) is 5.26 Å². The monoisotopic (exact) mass is 551 g/mol. The number of ether oxygens (including phenoxy) is 1. The Hall–Kier alpha value is -5.39. The molecule has 0 saturated heterocycles. The van der Waals surface area contributed by atoms with Gasteiger partial charge in [-0.1, -0.05) is 129 Å². The van der Waals surface area contributed by atoms with Crippen molar-refractivity contribution in [2.45, 2.75) is 24.7 Å². The van der Waals surface area contributed by atoms with Crippen LogP contribution in [-0.4, -0.2) is 0 Å². The Bertz CT molecular complexity index is 2060. The molecule has 1 aliphatic carbocycles. The molecule has 6 aromatic rings. The molecular weight excluding hydrogens is 522 g/mol. The fraction of sp³-hybridized carbons (Fsp3) is 0.0976. The summed E-state index contributed by atoms with van der Waals surface area (Å²) in [6.07, 6.45) is 0. The van der Waals surface area contributed by atoms with E-state index in [1.165, 1.54) is 22.3 Å². The van der Waals surface area contributed by atoms with Crippen LogP contribution in [0.15, 0.2) is 140 Å². The molecule has 8 rings (SSSR count). The maximum absolute atomic E-state index is 9.48. The summed E-state index contributed by atoms with van der Waals surface area (Å²) in [5.74, 6) is 1.76. The van der Waals surface area contributed by atoms with Gasteiger partial charge < -0.3 is 4.74 Å². The van der Waals surface area contributed by atoms with Crippen molar-refractivity contribution in [3.05, 3.63) is 178 Å². The van der Waals surface area contributed by atoms with E-state index >= 15 is 0 Å².